The quantitative estimate of drug-likeness (QED) is 0.0259. The van der Waals surface area contributed by atoms with Crippen LogP contribution >= 0.6 is 0 Å². The van der Waals surface area contributed by atoms with E-state index in [0.717, 1.165) is 27.7 Å². The van der Waals surface area contributed by atoms with E-state index in [9.17, 15) is 167 Å². The minimum Gasteiger partial charge on any atom is -0.477 e. The van der Waals surface area contributed by atoms with E-state index in [1.54, 1.807) is 0 Å². The molecule has 9 saturated heterocycles. The van der Waals surface area contributed by atoms with Gasteiger partial charge in [0, 0.05) is 27.7 Å². The number of carbonyl (C=O) groups excluding carboxylic acids is 4. The monoisotopic (exact) mass is 1850 g/mol. The number of esters is 1. The molecular formula is C71H119N3O52. The van der Waals surface area contributed by atoms with E-state index < -0.39 is 395 Å². The predicted octanol–water partition coefficient (Wildman–Crippen LogP) is -19.9. The molecule has 50 atom stereocenters. The molecule has 0 unspecified atom stereocenters. The first-order valence-corrected chi connectivity index (χ1v) is 40.2. The molecule has 31 N–H and O–H groups in total. The van der Waals surface area contributed by atoms with E-state index in [2.05, 4.69) is 16.0 Å². The first-order valence-electron chi connectivity index (χ1n) is 40.2. The van der Waals surface area contributed by atoms with Crippen LogP contribution in [0.15, 0.2) is 0 Å². The van der Waals surface area contributed by atoms with Crippen molar-refractivity contribution in [3.8, 4) is 0 Å². The summed E-state index contributed by atoms with van der Waals surface area (Å²) in [7, 11) is 0. The Balaban J connectivity index is 1.11. The van der Waals surface area contributed by atoms with Crippen molar-refractivity contribution in [2.24, 2.45) is 0 Å². The maximum Gasteiger partial charge on any atom is 0.364 e. The van der Waals surface area contributed by atoms with Crippen LogP contribution < -0.4 is 16.0 Å². The molecule has 730 valence electrons. The fraction of sp³-hybridized carbons (Fsp3) is 0.930. The SMILES string of the molecule is CC(=O)N[C@H]1[C@H](O[C@H]2[C@@H](O)[C@@H](CO[C@@H]3O[C@H](CO)[C@@H](O[C@@H]4O[C@H](CO)[C@H](O)[C@H](O)[C@H]4O[C@@H]4O[C@@H](C)[C@@H](O)[C@@H](O)[C@@H]4O)[C@H](O[C@@H]4O[C@@H](C)[C@@H](O)[C@@H](O)[C@@H]4O)[C@H]3NC(C)=O)O[C@@H](O[C@@H]([C@H](O)[C@@H](O)CO)[C@H](O)CO)[C@@H]2O)O[C@H](CO)[C@@H](O[C@@H]2O[C@H](CO)[C@H](O)[C@H](O[C@]3(C(=O)O)C[C@H](OC(C)=O)[C@@H](NC(C)=O)[C@H]([C@H](O)[C@H](O)CO)O3)[C@H]2O)[C@@H]1O[C@@H]1O[C@@H](C)[C@@H](O)[C@@H](O)[C@@H]1O. The van der Waals surface area contributed by atoms with Crippen LogP contribution in [0.5, 0.6) is 0 Å². The summed E-state index contributed by atoms with van der Waals surface area (Å²) in [6.45, 7) is -3.14. The Morgan fingerprint density at radius 1 is 0.373 bits per heavy atom. The molecule has 0 saturated carbocycles. The van der Waals surface area contributed by atoms with E-state index in [4.69, 9.17) is 90.0 Å². The van der Waals surface area contributed by atoms with E-state index in [1.807, 2.05) is 0 Å². The minimum absolute atomic E-state index is 0.834. The summed E-state index contributed by atoms with van der Waals surface area (Å²) in [5.41, 5.74) is 0. The Morgan fingerprint density at radius 3 is 1.21 bits per heavy atom. The van der Waals surface area contributed by atoms with Crippen LogP contribution in [-0.4, -0.2) is 532 Å². The van der Waals surface area contributed by atoms with Crippen LogP contribution in [0.25, 0.3) is 0 Å². The van der Waals surface area contributed by atoms with Crippen LogP contribution in [0.3, 0.4) is 0 Å². The highest BCUT2D eigenvalue weighted by atomic mass is 16.8. The molecule has 0 radical (unpaired) electrons. The lowest BCUT2D eigenvalue weighted by Crippen LogP contribution is -2.72. The number of nitrogens with one attached hydrogen (secondary N) is 3. The normalized spacial score (nSPS) is 46.3. The molecule has 0 spiro atoms. The maximum atomic E-state index is 13.8. The lowest BCUT2D eigenvalue weighted by atomic mass is 9.87. The highest BCUT2D eigenvalue weighted by Gasteiger charge is 2.65. The van der Waals surface area contributed by atoms with Gasteiger partial charge in [0.05, 0.1) is 83.6 Å². The van der Waals surface area contributed by atoms with Crippen molar-refractivity contribution in [1.29, 1.82) is 0 Å². The summed E-state index contributed by atoms with van der Waals surface area (Å²) in [5.74, 6) is -9.89. The molecule has 9 fully saturated rings. The van der Waals surface area contributed by atoms with Gasteiger partial charge in [-0.15, -0.1) is 0 Å². The summed E-state index contributed by atoms with van der Waals surface area (Å²) in [4.78, 5) is 66.4. The summed E-state index contributed by atoms with van der Waals surface area (Å²) < 4.78 is 114. The lowest BCUT2D eigenvalue weighted by Gasteiger charge is -2.52. The minimum atomic E-state index is -3.42. The predicted molar refractivity (Wildman–Crippen MR) is 389 cm³/mol. The number of aliphatic hydroxyl groups is 27. The van der Waals surface area contributed by atoms with Gasteiger partial charge in [-0.1, -0.05) is 0 Å². The molecule has 55 nitrogen and oxygen atoms in total. The fourth-order valence-electron chi connectivity index (χ4n) is 16.0. The number of carboxylic acids is 1. The van der Waals surface area contributed by atoms with Gasteiger partial charge in [-0.2, -0.15) is 0 Å². The van der Waals surface area contributed by atoms with Crippen molar-refractivity contribution < 1.29 is 257 Å². The van der Waals surface area contributed by atoms with E-state index in [-0.39, 0.29) is 0 Å². The topological polar surface area (TPSA) is 863 Å². The Labute approximate surface area is 714 Å². The number of aliphatic hydroxyl groups excluding tert-OH is 27. The zero-order valence-electron chi connectivity index (χ0n) is 68.5. The van der Waals surface area contributed by atoms with Crippen LogP contribution in [0.2, 0.25) is 0 Å². The molecule has 9 heterocycles. The first-order chi connectivity index (χ1) is 59.3. The summed E-state index contributed by atoms with van der Waals surface area (Å²) in [6, 6.07) is -6.09. The zero-order chi connectivity index (χ0) is 93.6. The second kappa shape index (κ2) is 45.5. The summed E-state index contributed by atoms with van der Waals surface area (Å²) >= 11 is 0. The fourth-order valence-corrected chi connectivity index (χ4v) is 16.0. The number of carboxylic acid groups (broad SMARTS) is 1. The van der Waals surface area contributed by atoms with Crippen LogP contribution in [0.1, 0.15) is 54.9 Å². The molecule has 55 heteroatoms. The van der Waals surface area contributed by atoms with Gasteiger partial charge in [-0.3, -0.25) is 19.2 Å². The molecule has 0 aromatic rings. The molecule has 9 rings (SSSR count). The van der Waals surface area contributed by atoms with Gasteiger partial charge in [-0.05, 0) is 20.8 Å². The molecule has 9 aliphatic rings. The maximum absolute atomic E-state index is 13.8. The highest BCUT2D eigenvalue weighted by molar-refractivity contribution is 5.77. The number of aliphatic carboxylic acids is 1. The van der Waals surface area contributed by atoms with Crippen LogP contribution in [0.4, 0.5) is 0 Å². The zero-order valence-corrected chi connectivity index (χ0v) is 68.5. The Morgan fingerprint density at radius 2 is 0.754 bits per heavy atom. The third-order valence-corrected chi connectivity index (χ3v) is 22.9. The molecule has 126 heavy (non-hydrogen) atoms. The van der Waals surface area contributed by atoms with Crippen molar-refractivity contribution in [1.82, 2.24) is 16.0 Å². The number of carbonyl (C=O) groups is 5. The van der Waals surface area contributed by atoms with E-state index >= 15 is 0 Å². The van der Waals surface area contributed by atoms with Gasteiger partial charge in [-0.25, -0.2) is 4.79 Å². The third-order valence-electron chi connectivity index (χ3n) is 22.9. The number of rotatable bonds is 36. The number of ether oxygens (including phenoxy) is 19. The van der Waals surface area contributed by atoms with Gasteiger partial charge in [0.2, 0.25) is 17.7 Å². The average Bonchev–Trinajstić information content (AvgIpc) is 0.747. The average molecular weight is 1850 g/mol. The van der Waals surface area contributed by atoms with Crippen molar-refractivity contribution in [3.63, 3.8) is 0 Å². The van der Waals surface area contributed by atoms with E-state index in [0.29, 0.717) is 0 Å². The van der Waals surface area contributed by atoms with Crippen molar-refractivity contribution in [2.45, 2.75) is 361 Å². The first kappa shape index (κ1) is 105. The van der Waals surface area contributed by atoms with Crippen molar-refractivity contribution in [2.75, 3.05) is 52.9 Å². The molecular weight excluding hydrogens is 1730 g/mol. The highest BCUT2D eigenvalue weighted by Crippen LogP contribution is 2.44. The lowest BCUT2D eigenvalue weighted by molar-refractivity contribution is -0.400. The smallest absolute Gasteiger partial charge is 0.364 e. The van der Waals surface area contributed by atoms with Crippen LogP contribution in [-0.2, 0) is 114 Å². The third kappa shape index (κ3) is 23.5. The van der Waals surface area contributed by atoms with Crippen LogP contribution in [0, 0.1) is 0 Å². The summed E-state index contributed by atoms with van der Waals surface area (Å²) in [5, 5.41) is 320. The van der Waals surface area contributed by atoms with Gasteiger partial charge in [0.25, 0.3) is 5.79 Å². The standard InChI is InChI=1S/C71H119N3O52/c1-17-36(89)44(97)48(101)64(109-17)121-57-34(73-21(5)83)62(115-30(14-80)55(57)120-69-61(47(100)41(94)28(12-78)114-69)124-66-50(103)46(99)38(91)19(3)111-66)108-16-32-43(96)59(51(104)67(117-32)118-53(26(88)11-77)39(92)24(86)9-75)123-63-35(74-22(6)84)58(122-65-49(102)45(98)37(90)18(2)110-65)54(31(15-81)116-63)119-68-52(105)60(42(95)29(13-79)113-68)126-71(70(106)107)8-27(112-23(7)85)33(72-20(4)82)56(125-71)40(93)25(87)10-76/h17-19,24-69,75-81,86-105H,8-16H2,1-7H3,(H,72,82)(H,73,83)(H,74,84)(H,106,107)/t17-,18-,19-,24-,25+,26+,27-,28+,29+,30+,31+,32+,33+,34+,35+,36+,37+,38+,39+,40+,41-,42-,43-,44+,45+,46+,47-,48-,49-,50-,51+,52+,53+,54+,55+,56+,57+,58+,59-,60-,61+,62+,63-,64-,65-,66-,67-,68-,69-,71-/m0/s1. The van der Waals surface area contributed by atoms with Gasteiger partial charge in [0.1, 0.15) is 226 Å². The van der Waals surface area contributed by atoms with Gasteiger partial charge >= 0.3 is 11.9 Å². The largest absolute Gasteiger partial charge is 0.477 e. The molecule has 0 aromatic heterocycles. The Kier molecular flexibility index (Phi) is 38.0. The van der Waals surface area contributed by atoms with Gasteiger partial charge < -0.3 is 249 Å². The second-order valence-electron chi connectivity index (χ2n) is 32.0. The second-order valence-corrected chi connectivity index (χ2v) is 32.0. The molecule has 0 aromatic carbocycles. The number of hydrogen-bond acceptors (Lipinski definition) is 51. The molecule has 9 aliphatic heterocycles. The van der Waals surface area contributed by atoms with Crippen molar-refractivity contribution in [3.05, 3.63) is 0 Å². The van der Waals surface area contributed by atoms with Gasteiger partial charge in [0.15, 0.2) is 50.3 Å². The Bertz CT molecular complexity index is 3430. The van der Waals surface area contributed by atoms with E-state index in [1.165, 1.54) is 20.8 Å². The van der Waals surface area contributed by atoms with Crippen molar-refractivity contribution >= 4 is 29.7 Å². The number of hydrogen-bond donors (Lipinski definition) is 31. The Hall–Kier alpha value is -4.45. The molecule has 3 amide bonds. The molecule has 0 aliphatic carbocycles. The summed E-state index contributed by atoms with van der Waals surface area (Å²) in [6.07, 6.45) is -102. The number of amides is 3. The molecule has 0 bridgehead atoms.